The maximum Gasteiger partial charge on any atom is 0.0645 e. The topological polar surface area (TPSA) is 24.5 Å². The molecule has 0 amide bonds. The Morgan fingerprint density at radius 2 is 2.06 bits per heavy atom. The van der Waals surface area contributed by atoms with E-state index in [1.54, 1.807) is 0 Å². The summed E-state index contributed by atoms with van der Waals surface area (Å²) in [5.41, 5.74) is 0.493. The molecule has 1 N–H and O–H groups in total. The monoisotopic (exact) mass is 240 g/mol. The predicted octanol–water partition coefficient (Wildman–Crippen LogP) is 1.87. The lowest BCUT2D eigenvalue weighted by atomic mass is 9.90. The highest BCUT2D eigenvalue weighted by Gasteiger charge is 2.32. The van der Waals surface area contributed by atoms with Crippen molar-refractivity contribution in [2.45, 2.75) is 58.7 Å². The molecule has 2 aliphatic heterocycles. The second-order valence-corrected chi connectivity index (χ2v) is 6.76. The lowest BCUT2D eigenvalue weighted by molar-refractivity contribution is -0.0758. The fourth-order valence-corrected chi connectivity index (χ4v) is 3.02. The molecule has 0 aromatic carbocycles. The maximum absolute atomic E-state index is 5.31. The van der Waals surface area contributed by atoms with Crippen molar-refractivity contribution < 1.29 is 4.74 Å². The Morgan fingerprint density at radius 1 is 1.35 bits per heavy atom. The van der Waals surface area contributed by atoms with Crippen LogP contribution < -0.4 is 5.32 Å². The third-order valence-corrected chi connectivity index (χ3v) is 4.16. The van der Waals surface area contributed by atoms with Gasteiger partial charge in [-0.15, -0.1) is 0 Å². The van der Waals surface area contributed by atoms with Gasteiger partial charge in [0.15, 0.2) is 0 Å². The molecule has 1 unspecified atom stereocenters. The zero-order valence-corrected chi connectivity index (χ0v) is 11.8. The number of hydrogen-bond acceptors (Lipinski definition) is 3. The van der Waals surface area contributed by atoms with E-state index in [0.29, 0.717) is 23.5 Å². The van der Waals surface area contributed by atoms with Crippen LogP contribution in [0.1, 0.15) is 40.5 Å². The van der Waals surface area contributed by atoms with Crippen molar-refractivity contribution in [1.29, 1.82) is 0 Å². The van der Waals surface area contributed by atoms with E-state index in [9.17, 15) is 0 Å². The van der Waals surface area contributed by atoms with Gasteiger partial charge in [0.25, 0.3) is 0 Å². The largest absolute Gasteiger partial charge is 0.378 e. The van der Waals surface area contributed by atoms with E-state index in [4.69, 9.17) is 4.74 Å². The van der Waals surface area contributed by atoms with E-state index in [1.807, 2.05) is 0 Å². The van der Waals surface area contributed by atoms with Gasteiger partial charge in [0, 0.05) is 25.2 Å². The molecule has 0 saturated carbocycles. The first-order chi connectivity index (χ1) is 7.98. The van der Waals surface area contributed by atoms with Crippen molar-refractivity contribution in [2.75, 3.05) is 26.3 Å². The smallest absolute Gasteiger partial charge is 0.0645 e. The summed E-state index contributed by atoms with van der Waals surface area (Å²) in [5, 5.41) is 3.66. The summed E-state index contributed by atoms with van der Waals surface area (Å²) in [6.45, 7) is 13.6. The average molecular weight is 240 g/mol. The van der Waals surface area contributed by atoms with Crippen LogP contribution in [0.4, 0.5) is 0 Å². The van der Waals surface area contributed by atoms with E-state index in [1.165, 1.54) is 25.9 Å². The SMILES string of the molecule is CC(C)N(CCC1CC(C)(C)CN1)C1COC1. The Labute approximate surface area is 106 Å². The van der Waals surface area contributed by atoms with Gasteiger partial charge in [-0.1, -0.05) is 13.8 Å². The van der Waals surface area contributed by atoms with Gasteiger partial charge in [-0.05, 0) is 32.1 Å². The van der Waals surface area contributed by atoms with Gasteiger partial charge in [0.1, 0.15) is 0 Å². The molecule has 2 saturated heterocycles. The number of nitrogens with zero attached hydrogens (tertiary/aromatic N) is 1. The van der Waals surface area contributed by atoms with E-state index < -0.39 is 0 Å². The maximum atomic E-state index is 5.31. The van der Waals surface area contributed by atoms with Crippen molar-refractivity contribution in [1.82, 2.24) is 10.2 Å². The summed E-state index contributed by atoms with van der Waals surface area (Å²) < 4.78 is 5.31. The molecule has 0 aliphatic carbocycles. The fourth-order valence-electron chi connectivity index (χ4n) is 3.02. The average Bonchev–Trinajstić information content (AvgIpc) is 2.49. The molecule has 3 nitrogen and oxygen atoms in total. The molecule has 2 heterocycles. The summed E-state index contributed by atoms with van der Waals surface area (Å²) in [5.74, 6) is 0. The molecule has 0 aromatic rings. The first-order valence-electron chi connectivity index (χ1n) is 7.05. The van der Waals surface area contributed by atoms with Crippen LogP contribution in [-0.2, 0) is 4.74 Å². The lowest BCUT2D eigenvalue weighted by Crippen LogP contribution is -2.52. The van der Waals surface area contributed by atoms with Gasteiger partial charge in [-0.2, -0.15) is 0 Å². The second kappa shape index (κ2) is 5.25. The second-order valence-electron chi connectivity index (χ2n) is 6.76. The molecule has 2 rings (SSSR count). The summed E-state index contributed by atoms with van der Waals surface area (Å²) in [7, 11) is 0. The number of rotatable bonds is 5. The van der Waals surface area contributed by atoms with Crippen LogP contribution in [0.2, 0.25) is 0 Å². The van der Waals surface area contributed by atoms with E-state index in [-0.39, 0.29) is 0 Å². The minimum Gasteiger partial charge on any atom is -0.378 e. The lowest BCUT2D eigenvalue weighted by Gasteiger charge is -2.40. The summed E-state index contributed by atoms with van der Waals surface area (Å²) in [6, 6.07) is 2.02. The van der Waals surface area contributed by atoms with Gasteiger partial charge >= 0.3 is 0 Å². The molecule has 0 spiro atoms. The standard InChI is InChI=1S/C14H28N2O/c1-11(2)16(13-8-17-9-13)6-5-12-7-14(3,4)10-15-12/h11-13,15H,5-10H2,1-4H3. The van der Waals surface area contributed by atoms with E-state index >= 15 is 0 Å². The Hall–Kier alpha value is -0.120. The molecule has 100 valence electrons. The minimum absolute atomic E-state index is 0.493. The van der Waals surface area contributed by atoms with Crippen LogP contribution in [0.25, 0.3) is 0 Å². The molecule has 2 aliphatic rings. The van der Waals surface area contributed by atoms with Crippen LogP contribution >= 0.6 is 0 Å². The molecular weight excluding hydrogens is 212 g/mol. The first kappa shape index (κ1) is 13.3. The molecule has 17 heavy (non-hydrogen) atoms. The van der Waals surface area contributed by atoms with Crippen LogP contribution in [0.3, 0.4) is 0 Å². The Balaban J connectivity index is 1.76. The van der Waals surface area contributed by atoms with Crippen LogP contribution in [0.5, 0.6) is 0 Å². The molecule has 0 radical (unpaired) electrons. The number of hydrogen-bond donors (Lipinski definition) is 1. The molecule has 0 bridgehead atoms. The molecule has 1 atom stereocenters. The van der Waals surface area contributed by atoms with Gasteiger partial charge < -0.3 is 10.1 Å². The van der Waals surface area contributed by atoms with Crippen molar-refractivity contribution in [3.8, 4) is 0 Å². The summed E-state index contributed by atoms with van der Waals surface area (Å²) in [6.07, 6.45) is 2.60. The summed E-state index contributed by atoms with van der Waals surface area (Å²) in [4.78, 5) is 2.61. The van der Waals surface area contributed by atoms with Crippen LogP contribution in [0, 0.1) is 5.41 Å². The van der Waals surface area contributed by atoms with Gasteiger partial charge in [0.2, 0.25) is 0 Å². The molecule has 2 fully saturated rings. The van der Waals surface area contributed by atoms with Crippen molar-refractivity contribution >= 4 is 0 Å². The van der Waals surface area contributed by atoms with Crippen molar-refractivity contribution in [3.05, 3.63) is 0 Å². The van der Waals surface area contributed by atoms with Gasteiger partial charge in [-0.25, -0.2) is 0 Å². The fraction of sp³-hybridized carbons (Fsp3) is 1.00. The highest BCUT2D eigenvalue weighted by atomic mass is 16.5. The Kier molecular flexibility index (Phi) is 4.11. The molecular formula is C14H28N2O. The van der Waals surface area contributed by atoms with Crippen molar-refractivity contribution in [3.63, 3.8) is 0 Å². The van der Waals surface area contributed by atoms with Crippen LogP contribution in [0.15, 0.2) is 0 Å². The molecule has 0 aromatic heterocycles. The third-order valence-electron chi connectivity index (χ3n) is 4.16. The van der Waals surface area contributed by atoms with Gasteiger partial charge in [0.05, 0.1) is 19.3 Å². The highest BCUT2D eigenvalue weighted by molar-refractivity contribution is 4.89. The van der Waals surface area contributed by atoms with Crippen molar-refractivity contribution in [2.24, 2.45) is 5.41 Å². The zero-order chi connectivity index (χ0) is 12.5. The molecule has 3 heteroatoms. The Bertz CT molecular complexity index is 249. The Morgan fingerprint density at radius 3 is 2.47 bits per heavy atom. The predicted molar refractivity (Wildman–Crippen MR) is 71.3 cm³/mol. The van der Waals surface area contributed by atoms with Crippen LogP contribution in [-0.4, -0.2) is 49.3 Å². The first-order valence-corrected chi connectivity index (χ1v) is 7.05. The van der Waals surface area contributed by atoms with Gasteiger partial charge in [-0.3, -0.25) is 4.90 Å². The summed E-state index contributed by atoms with van der Waals surface area (Å²) >= 11 is 0. The van der Waals surface area contributed by atoms with E-state index in [2.05, 4.69) is 37.9 Å². The number of nitrogens with one attached hydrogen (secondary N) is 1. The van der Waals surface area contributed by atoms with E-state index in [0.717, 1.165) is 13.2 Å². The highest BCUT2D eigenvalue weighted by Crippen LogP contribution is 2.29. The third kappa shape index (κ3) is 3.43. The zero-order valence-electron chi connectivity index (χ0n) is 11.8. The minimum atomic E-state index is 0.493. The number of ether oxygens (including phenoxy) is 1. The normalized spacial score (nSPS) is 28.9. The quantitative estimate of drug-likeness (QED) is 0.794.